The Labute approximate surface area is 112 Å². The predicted octanol–water partition coefficient (Wildman–Crippen LogP) is 3.07. The van der Waals surface area contributed by atoms with Crippen molar-refractivity contribution in [1.82, 2.24) is 0 Å². The molecule has 0 aromatic heterocycles. The van der Waals surface area contributed by atoms with E-state index in [1.165, 1.54) is 0 Å². The highest BCUT2D eigenvalue weighted by molar-refractivity contribution is 6.34. The first kappa shape index (κ1) is 14.8. The molecule has 0 heterocycles. The van der Waals surface area contributed by atoms with Gasteiger partial charge >= 0.3 is 0 Å². The Kier molecular flexibility index (Phi) is 4.99. The maximum atomic E-state index is 11.7. The first-order valence-corrected chi connectivity index (χ1v) is 6.14. The molecule has 1 rings (SSSR count). The van der Waals surface area contributed by atoms with E-state index >= 15 is 0 Å². The van der Waals surface area contributed by atoms with Gasteiger partial charge < -0.3 is 15.8 Å². The van der Waals surface area contributed by atoms with Crippen LogP contribution in [0.2, 0.25) is 5.02 Å². The molecule has 18 heavy (non-hydrogen) atoms. The molecule has 0 radical (unpaired) electrons. The Morgan fingerprint density at radius 1 is 1.44 bits per heavy atom. The third-order valence-electron chi connectivity index (χ3n) is 2.13. The number of nitrogen functional groups attached to an aromatic ring is 1. The Morgan fingerprint density at radius 2 is 2.11 bits per heavy atom. The van der Waals surface area contributed by atoms with Gasteiger partial charge in [0.25, 0.3) is 0 Å². The molecule has 100 valence electrons. The average molecular weight is 271 g/mol. The molecule has 0 aliphatic rings. The molecule has 1 aromatic rings. The lowest BCUT2D eigenvalue weighted by atomic mass is 10.2. The topological polar surface area (TPSA) is 64.3 Å². The lowest BCUT2D eigenvalue weighted by molar-refractivity contribution is -0.118. The van der Waals surface area contributed by atoms with Gasteiger partial charge in [-0.2, -0.15) is 0 Å². The molecule has 0 fully saturated rings. The van der Waals surface area contributed by atoms with Crippen molar-refractivity contribution in [2.75, 3.05) is 17.7 Å². The fourth-order valence-corrected chi connectivity index (χ4v) is 1.53. The molecular weight excluding hydrogens is 252 g/mol. The molecule has 5 heteroatoms. The Hall–Kier alpha value is -1.26. The zero-order valence-corrected chi connectivity index (χ0v) is 11.7. The second kappa shape index (κ2) is 6.07. The van der Waals surface area contributed by atoms with E-state index in [1.807, 2.05) is 20.8 Å². The molecule has 0 saturated heterocycles. The van der Waals surface area contributed by atoms with Crippen molar-refractivity contribution in [3.8, 4) is 0 Å². The lowest BCUT2D eigenvalue weighted by Crippen LogP contribution is -2.22. The summed E-state index contributed by atoms with van der Waals surface area (Å²) in [7, 11) is 0. The predicted molar refractivity (Wildman–Crippen MR) is 74.8 cm³/mol. The number of carbonyl (C=O) groups is 1. The van der Waals surface area contributed by atoms with Crippen molar-refractivity contribution in [2.24, 2.45) is 0 Å². The number of nitrogens with two attached hydrogens (primary N) is 1. The van der Waals surface area contributed by atoms with Crippen molar-refractivity contribution in [1.29, 1.82) is 0 Å². The number of hydrogen-bond donors (Lipinski definition) is 2. The molecule has 0 aliphatic heterocycles. The molecule has 0 spiro atoms. The molecule has 0 atom stereocenters. The molecule has 1 amide bonds. The normalized spacial score (nSPS) is 11.3. The van der Waals surface area contributed by atoms with E-state index in [1.54, 1.807) is 18.2 Å². The SMILES string of the molecule is CC(C)(C)OCCC(=O)Nc1ccc(N)cc1Cl. The molecule has 0 bridgehead atoms. The largest absolute Gasteiger partial charge is 0.399 e. The van der Waals surface area contributed by atoms with Gasteiger partial charge in [-0.1, -0.05) is 11.6 Å². The molecule has 0 aliphatic carbocycles. The number of rotatable bonds is 4. The van der Waals surface area contributed by atoms with Crippen LogP contribution in [-0.4, -0.2) is 18.1 Å². The maximum absolute atomic E-state index is 11.7. The third kappa shape index (κ3) is 5.38. The highest BCUT2D eigenvalue weighted by Gasteiger charge is 2.11. The van der Waals surface area contributed by atoms with Crippen LogP contribution in [0.15, 0.2) is 18.2 Å². The third-order valence-corrected chi connectivity index (χ3v) is 2.44. The van der Waals surface area contributed by atoms with E-state index in [4.69, 9.17) is 22.1 Å². The second-order valence-corrected chi connectivity index (χ2v) is 5.41. The van der Waals surface area contributed by atoms with Crippen molar-refractivity contribution >= 4 is 28.9 Å². The van der Waals surface area contributed by atoms with E-state index in [9.17, 15) is 4.79 Å². The van der Waals surface area contributed by atoms with Gasteiger partial charge in [-0.15, -0.1) is 0 Å². The fraction of sp³-hybridized carbons (Fsp3) is 0.462. The molecule has 3 N–H and O–H groups in total. The highest BCUT2D eigenvalue weighted by atomic mass is 35.5. The minimum absolute atomic E-state index is 0.133. The summed E-state index contributed by atoms with van der Waals surface area (Å²) < 4.78 is 5.47. The Morgan fingerprint density at radius 3 is 2.67 bits per heavy atom. The monoisotopic (exact) mass is 270 g/mol. The second-order valence-electron chi connectivity index (χ2n) is 5.00. The molecule has 4 nitrogen and oxygen atoms in total. The van der Waals surface area contributed by atoms with E-state index in [2.05, 4.69) is 5.32 Å². The summed E-state index contributed by atoms with van der Waals surface area (Å²) in [6, 6.07) is 4.97. The average Bonchev–Trinajstić information content (AvgIpc) is 2.20. The summed E-state index contributed by atoms with van der Waals surface area (Å²) in [5.41, 5.74) is 6.46. The van der Waals surface area contributed by atoms with Crippen LogP contribution in [-0.2, 0) is 9.53 Å². The van der Waals surface area contributed by atoms with Crippen LogP contribution < -0.4 is 11.1 Å². The van der Waals surface area contributed by atoms with E-state index in [-0.39, 0.29) is 17.9 Å². The molecular formula is C13H19ClN2O2. The van der Waals surface area contributed by atoms with Gasteiger partial charge in [-0.25, -0.2) is 0 Å². The van der Waals surface area contributed by atoms with Crippen LogP contribution in [0.1, 0.15) is 27.2 Å². The zero-order valence-electron chi connectivity index (χ0n) is 10.9. The van der Waals surface area contributed by atoms with Crippen molar-refractivity contribution < 1.29 is 9.53 Å². The number of hydrogen-bond acceptors (Lipinski definition) is 3. The van der Waals surface area contributed by atoms with Gasteiger partial charge in [0.2, 0.25) is 5.91 Å². The van der Waals surface area contributed by atoms with Crippen LogP contribution in [0.4, 0.5) is 11.4 Å². The minimum atomic E-state index is -0.237. The molecule has 0 unspecified atom stereocenters. The zero-order chi connectivity index (χ0) is 13.8. The smallest absolute Gasteiger partial charge is 0.226 e. The summed E-state index contributed by atoms with van der Waals surface area (Å²) in [5, 5.41) is 3.15. The number of benzene rings is 1. The molecule has 0 saturated carbocycles. The highest BCUT2D eigenvalue weighted by Crippen LogP contribution is 2.24. The summed E-state index contributed by atoms with van der Waals surface area (Å²) in [5.74, 6) is -0.133. The number of halogens is 1. The minimum Gasteiger partial charge on any atom is -0.399 e. The van der Waals surface area contributed by atoms with Crippen molar-refractivity contribution in [2.45, 2.75) is 32.8 Å². The summed E-state index contributed by atoms with van der Waals surface area (Å²) in [6.45, 7) is 6.22. The van der Waals surface area contributed by atoms with Gasteiger partial charge in [0.05, 0.1) is 29.3 Å². The van der Waals surface area contributed by atoms with Crippen LogP contribution in [0.3, 0.4) is 0 Å². The van der Waals surface area contributed by atoms with Crippen LogP contribution in [0, 0.1) is 0 Å². The number of anilines is 2. The van der Waals surface area contributed by atoms with Crippen molar-refractivity contribution in [3.63, 3.8) is 0 Å². The maximum Gasteiger partial charge on any atom is 0.226 e. The van der Waals surface area contributed by atoms with E-state index in [0.717, 1.165) is 0 Å². The van der Waals surface area contributed by atoms with Gasteiger partial charge in [-0.05, 0) is 39.0 Å². The quantitative estimate of drug-likeness (QED) is 0.827. The van der Waals surface area contributed by atoms with Crippen LogP contribution in [0.5, 0.6) is 0 Å². The molecule has 1 aromatic carbocycles. The Bertz CT molecular complexity index is 427. The summed E-state index contributed by atoms with van der Waals surface area (Å²) >= 11 is 5.95. The summed E-state index contributed by atoms with van der Waals surface area (Å²) in [6.07, 6.45) is 0.290. The summed E-state index contributed by atoms with van der Waals surface area (Å²) in [4.78, 5) is 11.7. The van der Waals surface area contributed by atoms with Gasteiger partial charge in [0.1, 0.15) is 0 Å². The first-order valence-electron chi connectivity index (χ1n) is 5.77. The Balaban J connectivity index is 2.45. The van der Waals surface area contributed by atoms with Gasteiger partial charge in [0.15, 0.2) is 0 Å². The van der Waals surface area contributed by atoms with Gasteiger partial charge in [0, 0.05) is 5.69 Å². The van der Waals surface area contributed by atoms with Crippen LogP contribution in [0.25, 0.3) is 0 Å². The van der Waals surface area contributed by atoms with Crippen LogP contribution >= 0.6 is 11.6 Å². The number of nitrogens with one attached hydrogen (secondary N) is 1. The first-order chi connectivity index (χ1) is 8.28. The number of carbonyl (C=O) groups excluding carboxylic acids is 1. The number of amides is 1. The lowest BCUT2D eigenvalue weighted by Gasteiger charge is -2.19. The van der Waals surface area contributed by atoms with Crippen molar-refractivity contribution in [3.05, 3.63) is 23.2 Å². The van der Waals surface area contributed by atoms with Gasteiger partial charge in [-0.3, -0.25) is 4.79 Å². The fourth-order valence-electron chi connectivity index (χ4n) is 1.30. The van der Waals surface area contributed by atoms with E-state index < -0.39 is 0 Å². The number of ether oxygens (including phenoxy) is 1. The standard InChI is InChI=1S/C13H19ClN2O2/c1-13(2,3)18-7-6-12(17)16-11-5-4-9(15)8-10(11)14/h4-5,8H,6-7,15H2,1-3H3,(H,16,17). The van der Waals surface area contributed by atoms with E-state index in [0.29, 0.717) is 23.0 Å².